The summed E-state index contributed by atoms with van der Waals surface area (Å²) in [4.78, 5) is 25.4. The van der Waals surface area contributed by atoms with Crippen molar-refractivity contribution in [2.45, 2.75) is 32.6 Å². The van der Waals surface area contributed by atoms with E-state index < -0.39 is 11.9 Å². The quantitative estimate of drug-likeness (QED) is 0.762. The fourth-order valence-corrected chi connectivity index (χ4v) is 4.06. The number of allylic oxidation sites excluding steroid dienone is 2. The number of hydrogen-bond acceptors (Lipinski definition) is 5. The first-order valence-electron chi connectivity index (χ1n) is 8.11. The Balaban J connectivity index is 2.24. The van der Waals surface area contributed by atoms with Crippen molar-refractivity contribution in [1.29, 1.82) is 0 Å². The Morgan fingerprint density at radius 3 is 2.62 bits per heavy atom. The predicted octanol–water partition coefficient (Wildman–Crippen LogP) is 4.09. The summed E-state index contributed by atoms with van der Waals surface area (Å²) in [5.74, 6) is -1.10. The predicted molar refractivity (Wildman–Crippen MR) is 98.6 cm³/mol. The van der Waals surface area contributed by atoms with E-state index in [1.165, 1.54) is 7.11 Å². The van der Waals surface area contributed by atoms with Crippen molar-refractivity contribution in [2.24, 2.45) is 11.1 Å². The van der Waals surface area contributed by atoms with E-state index in [9.17, 15) is 9.59 Å². The molecule has 2 N–H and O–H groups in total. The van der Waals surface area contributed by atoms with Crippen molar-refractivity contribution >= 4 is 35.0 Å². The number of ketones is 1. The number of Topliss-reactive ketones (excluding diaryl/α,β-unsaturated/α-hetero) is 1. The normalized spacial score (nSPS) is 22.0. The monoisotopic (exact) mass is 395 g/mol. The van der Waals surface area contributed by atoms with Crippen LogP contribution in [0.1, 0.15) is 38.2 Å². The number of rotatable bonds is 2. The number of nitrogens with two attached hydrogens (primary N) is 1. The first kappa shape index (κ1) is 18.8. The Morgan fingerprint density at radius 1 is 1.31 bits per heavy atom. The van der Waals surface area contributed by atoms with Gasteiger partial charge >= 0.3 is 5.97 Å². The van der Waals surface area contributed by atoms with Crippen molar-refractivity contribution in [2.75, 3.05) is 7.11 Å². The molecule has 5 nitrogen and oxygen atoms in total. The van der Waals surface area contributed by atoms with Crippen LogP contribution in [0.25, 0.3) is 0 Å². The second-order valence-corrected chi connectivity index (χ2v) is 8.09. The molecule has 1 aromatic carbocycles. The van der Waals surface area contributed by atoms with Gasteiger partial charge in [0.25, 0.3) is 0 Å². The molecule has 0 spiro atoms. The number of carbonyl (C=O) groups is 2. The lowest BCUT2D eigenvalue weighted by molar-refractivity contribution is -0.136. The fourth-order valence-electron chi connectivity index (χ4n) is 3.54. The zero-order valence-electron chi connectivity index (χ0n) is 14.7. The van der Waals surface area contributed by atoms with E-state index in [1.807, 2.05) is 13.8 Å². The van der Waals surface area contributed by atoms with Crippen molar-refractivity contribution in [1.82, 2.24) is 0 Å². The van der Waals surface area contributed by atoms with Gasteiger partial charge in [-0.1, -0.05) is 43.1 Å². The minimum atomic E-state index is -0.750. The van der Waals surface area contributed by atoms with Gasteiger partial charge in [-0.05, 0) is 23.1 Å². The lowest BCUT2D eigenvalue weighted by atomic mass is 9.70. The van der Waals surface area contributed by atoms with Crippen LogP contribution in [0.3, 0.4) is 0 Å². The average Bonchev–Trinajstić information content (AvgIpc) is 2.51. The van der Waals surface area contributed by atoms with Crippen LogP contribution in [0.5, 0.6) is 0 Å². The zero-order chi connectivity index (χ0) is 19.2. The highest BCUT2D eigenvalue weighted by Gasteiger charge is 2.45. The van der Waals surface area contributed by atoms with Crippen LogP contribution >= 0.6 is 23.2 Å². The molecule has 26 heavy (non-hydrogen) atoms. The van der Waals surface area contributed by atoms with Crippen LogP contribution in [0.4, 0.5) is 0 Å². The van der Waals surface area contributed by atoms with Gasteiger partial charge in [0.05, 0.1) is 13.0 Å². The molecule has 0 radical (unpaired) electrons. The van der Waals surface area contributed by atoms with E-state index in [4.69, 9.17) is 38.4 Å². The maximum Gasteiger partial charge on any atom is 0.340 e. The summed E-state index contributed by atoms with van der Waals surface area (Å²) in [6.45, 7) is 3.97. The fraction of sp³-hybridized carbons (Fsp3) is 0.368. The second-order valence-electron chi connectivity index (χ2n) is 7.25. The number of methoxy groups -OCH3 is 1. The highest BCUT2D eigenvalue weighted by Crippen LogP contribution is 2.49. The molecule has 0 aromatic heterocycles. The highest BCUT2D eigenvalue weighted by atomic mass is 35.5. The van der Waals surface area contributed by atoms with Gasteiger partial charge in [-0.15, -0.1) is 0 Å². The summed E-state index contributed by atoms with van der Waals surface area (Å²) in [6, 6.07) is 4.91. The lowest BCUT2D eigenvalue weighted by Gasteiger charge is -2.38. The number of esters is 1. The molecule has 1 aliphatic carbocycles. The highest BCUT2D eigenvalue weighted by molar-refractivity contribution is 6.35. The summed E-state index contributed by atoms with van der Waals surface area (Å²) in [5.41, 5.74) is 6.83. The maximum absolute atomic E-state index is 12.9. The van der Waals surface area contributed by atoms with Crippen molar-refractivity contribution < 1.29 is 19.1 Å². The Morgan fingerprint density at radius 2 is 2.00 bits per heavy atom. The molecule has 138 valence electrons. The van der Waals surface area contributed by atoms with E-state index >= 15 is 0 Å². The van der Waals surface area contributed by atoms with Gasteiger partial charge in [-0.3, -0.25) is 4.79 Å². The van der Waals surface area contributed by atoms with E-state index in [1.54, 1.807) is 18.2 Å². The number of carbonyl (C=O) groups excluding carboxylic acids is 2. The molecule has 1 aliphatic heterocycles. The third-order valence-electron chi connectivity index (χ3n) is 4.63. The van der Waals surface area contributed by atoms with Crippen molar-refractivity contribution in [3.63, 3.8) is 0 Å². The summed E-state index contributed by atoms with van der Waals surface area (Å²) in [7, 11) is 1.25. The molecule has 3 rings (SSSR count). The van der Waals surface area contributed by atoms with Crippen molar-refractivity contribution in [3.8, 4) is 0 Å². The van der Waals surface area contributed by atoms with Gasteiger partial charge in [-0.25, -0.2) is 4.79 Å². The first-order chi connectivity index (χ1) is 12.1. The Labute approximate surface area is 161 Å². The van der Waals surface area contributed by atoms with Crippen LogP contribution in [0, 0.1) is 5.41 Å². The molecule has 7 heteroatoms. The van der Waals surface area contributed by atoms with Gasteiger partial charge in [0, 0.05) is 28.5 Å². The number of ether oxygens (including phenoxy) is 2. The summed E-state index contributed by atoms with van der Waals surface area (Å²) in [6.07, 6.45) is 0.871. The van der Waals surface area contributed by atoms with Gasteiger partial charge in [-0.2, -0.15) is 0 Å². The van der Waals surface area contributed by atoms with Crippen LogP contribution in [-0.4, -0.2) is 18.9 Å². The second kappa shape index (κ2) is 6.63. The largest absolute Gasteiger partial charge is 0.465 e. The molecule has 0 fully saturated rings. The standard InChI is InChI=1S/C19H19Cl2NO4/c1-19(2)7-12(23)15-13(8-19)26-17(22)16(18(24)25-3)14(15)10-5-4-9(20)6-11(10)21/h4-6,14H,7-8,22H2,1-3H3. The molecule has 0 bridgehead atoms. The summed E-state index contributed by atoms with van der Waals surface area (Å²) >= 11 is 12.4. The molecule has 0 saturated carbocycles. The third-order valence-corrected chi connectivity index (χ3v) is 5.20. The van der Waals surface area contributed by atoms with Crippen LogP contribution in [-0.2, 0) is 19.1 Å². The van der Waals surface area contributed by atoms with Gasteiger partial charge in [0.2, 0.25) is 5.88 Å². The van der Waals surface area contributed by atoms with E-state index in [-0.39, 0.29) is 22.7 Å². The Kier molecular flexibility index (Phi) is 4.80. The van der Waals surface area contributed by atoms with Crippen LogP contribution in [0.2, 0.25) is 10.0 Å². The number of halogens is 2. The molecule has 1 heterocycles. The van der Waals surface area contributed by atoms with Crippen LogP contribution < -0.4 is 5.73 Å². The van der Waals surface area contributed by atoms with Gasteiger partial charge in [0.1, 0.15) is 11.3 Å². The topological polar surface area (TPSA) is 78.6 Å². The van der Waals surface area contributed by atoms with Crippen LogP contribution in [0.15, 0.2) is 41.0 Å². The molecular formula is C19H19Cl2NO4. The molecule has 1 aromatic rings. The Bertz CT molecular complexity index is 870. The first-order valence-corrected chi connectivity index (χ1v) is 8.87. The Hall–Kier alpha value is -1.98. The molecule has 2 aliphatic rings. The van der Waals surface area contributed by atoms with Gasteiger partial charge < -0.3 is 15.2 Å². The maximum atomic E-state index is 12.9. The van der Waals surface area contributed by atoms with Crippen molar-refractivity contribution in [3.05, 3.63) is 56.6 Å². The zero-order valence-corrected chi connectivity index (χ0v) is 16.2. The van der Waals surface area contributed by atoms with Gasteiger partial charge in [0.15, 0.2) is 5.78 Å². The number of hydrogen-bond donors (Lipinski definition) is 1. The molecule has 1 unspecified atom stereocenters. The average molecular weight is 396 g/mol. The molecule has 0 saturated heterocycles. The minimum Gasteiger partial charge on any atom is -0.465 e. The summed E-state index contributed by atoms with van der Waals surface area (Å²) < 4.78 is 10.6. The smallest absolute Gasteiger partial charge is 0.340 e. The number of benzene rings is 1. The summed E-state index contributed by atoms with van der Waals surface area (Å²) in [5, 5.41) is 0.788. The van der Waals surface area contributed by atoms with E-state index in [0.717, 1.165) is 0 Å². The SMILES string of the molecule is COC(=O)C1=C(N)OC2=C(C(=O)CC(C)(C)C2)C1c1ccc(Cl)cc1Cl. The third kappa shape index (κ3) is 3.21. The molecule has 1 atom stereocenters. The molecule has 0 amide bonds. The lowest BCUT2D eigenvalue weighted by Crippen LogP contribution is -2.35. The van der Waals surface area contributed by atoms with E-state index in [0.29, 0.717) is 39.8 Å². The minimum absolute atomic E-state index is 0.0721. The molecular weight excluding hydrogens is 377 g/mol. The van der Waals surface area contributed by atoms with E-state index in [2.05, 4.69) is 0 Å².